The summed E-state index contributed by atoms with van der Waals surface area (Å²) in [5.74, 6) is 1.14. The molecule has 31 heavy (non-hydrogen) atoms. The van der Waals surface area contributed by atoms with E-state index in [-0.39, 0.29) is 0 Å². The molecule has 0 aliphatic rings. The van der Waals surface area contributed by atoms with Crippen LogP contribution in [-0.4, -0.2) is 35.2 Å². The zero-order valence-corrected chi connectivity index (χ0v) is 17.3. The number of nitrogens with zero attached hydrogens (tertiary/aromatic N) is 7. The first-order valence-corrected chi connectivity index (χ1v) is 9.96. The molecule has 3 heterocycles. The molecule has 0 N–H and O–H groups in total. The Hall–Kier alpha value is -3.97. The number of hydrogen-bond donors (Lipinski definition) is 0. The predicted octanol–water partition coefficient (Wildman–Crippen LogP) is 4.81. The Morgan fingerprint density at radius 2 is 1.58 bits per heavy atom. The summed E-state index contributed by atoms with van der Waals surface area (Å²) in [6, 6.07) is 19.2. The lowest BCUT2D eigenvalue weighted by atomic mass is 10.1. The van der Waals surface area contributed by atoms with Gasteiger partial charge in [0.05, 0.1) is 16.9 Å². The molecule has 0 unspecified atom stereocenters. The summed E-state index contributed by atoms with van der Waals surface area (Å²) in [4.78, 5) is 13.5. The first-order chi connectivity index (χ1) is 15.2. The number of tetrazole rings is 1. The van der Waals surface area contributed by atoms with Crippen LogP contribution in [0.1, 0.15) is 5.56 Å². The zero-order chi connectivity index (χ0) is 21.2. The van der Waals surface area contributed by atoms with E-state index in [1.54, 1.807) is 23.3 Å². The highest BCUT2D eigenvalue weighted by Crippen LogP contribution is 2.32. The van der Waals surface area contributed by atoms with Gasteiger partial charge >= 0.3 is 0 Å². The summed E-state index contributed by atoms with van der Waals surface area (Å²) >= 11 is 6.11. The van der Waals surface area contributed by atoms with E-state index in [1.165, 1.54) is 0 Å². The molecule has 0 fully saturated rings. The van der Waals surface area contributed by atoms with E-state index >= 15 is 0 Å². The van der Waals surface area contributed by atoms with Gasteiger partial charge in [-0.3, -0.25) is 4.98 Å². The van der Waals surface area contributed by atoms with Crippen molar-refractivity contribution < 1.29 is 0 Å². The van der Waals surface area contributed by atoms with Crippen LogP contribution in [0.3, 0.4) is 0 Å². The van der Waals surface area contributed by atoms with Gasteiger partial charge in [-0.25, -0.2) is 9.97 Å². The van der Waals surface area contributed by atoms with Gasteiger partial charge in [-0.05, 0) is 53.7 Å². The van der Waals surface area contributed by atoms with Crippen molar-refractivity contribution in [1.82, 2.24) is 35.2 Å². The highest BCUT2D eigenvalue weighted by Gasteiger charge is 2.19. The van der Waals surface area contributed by atoms with Crippen molar-refractivity contribution >= 4 is 11.6 Å². The number of aromatic nitrogens is 7. The van der Waals surface area contributed by atoms with Gasteiger partial charge in [0, 0.05) is 34.7 Å². The van der Waals surface area contributed by atoms with Gasteiger partial charge in [-0.15, -0.1) is 5.10 Å². The van der Waals surface area contributed by atoms with Crippen LogP contribution >= 0.6 is 11.6 Å². The minimum Gasteiger partial charge on any atom is -0.265 e. The fourth-order valence-electron chi connectivity index (χ4n) is 3.23. The standard InChI is InChI=1S/C23H16ClN7/c1-15-2-8-19(9-3-15)31-23(28-29-30-31)20-14-26-22(17-10-12-25-13-11-17)27-21(20)16-4-6-18(24)7-5-16/h2-14H,1H3. The summed E-state index contributed by atoms with van der Waals surface area (Å²) in [6.45, 7) is 2.04. The van der Waals surface area contributed by atoms with Crippen LogP contribution in [0.5, 0.6) is 0 Å². The third-order valence-electron chi connectivity index (χ3n) is 4.83. The van der Waals surface area contributed by atoms with Crippen molar-refractivity contribution in [3.8, 4) is 39.7 Å². The summed E-state index contributed by atoms with van der Waals surface area (Å²) in [6.07, 6.45) is 5.18. The SMILES string of the molecule is Cc1ccc(-n2nnnc2-c2cnc(-c3ccncc3)nc2-c2ccc(Cl)cc2)cc1. The molecule has 0 saturated heterocycles. The Balaban J connectivity index is 1.70. The fraction of sp³-hybridized carbons (Fsp3) is 0.0435. The molecule has 0 radical (unpaired) electrons. The normalized spacial score (nSPS) is 10.9. The summed E-state index contributed by atoms with van der Waals surface area (Å²) < 4.78 is 1.68. The van der Waals surface area contributed by atoms with Gasteiger partial charge in [0.15, 0.2) is 11.6 Å². The van der Waals surface area contributed by atoms with E-state index in [4.69, 9.17) is 16.6 Å². The third-order valence-corrected chi connectivity index (χ3v) is 5.09. The number of pyridine rings is 1. The van der Waals surface area contributed by atoms with Crippen LogP contribution < -0.4 is 0 Å². The first-order valence-electron chi connectivity index (χ1n) is 9.58. The van der Waals surface area contributed by atoms with E-state index in [2.05, 4.69) is 25.5 Å². The van der Waals surface area contributed by atoms with E-state index in [0.29, 0.717) is 27.9 Å². The van der Waals surface area contributed by atoms with Crippen LogP contribution in [0.15, 0.2) is 79.3 Å². The van der Waals surface area contributed by atoms with Crippen LogP contribution in [0, 0.1) is 6.92 Å². The minimum atomic E-state index is 0.551. The molecule has 0 aliphatic heterocycles. The Kier molecular flexibility index (Phi) is 4.93. The topological polar surface area (TPSA) is 82.3 Å². The average Bonchev–Trinajstić information content (AvgIpc) is 3.30. The van der Waals surface area contributed by atoms with E-state index < -0.39 is 0 Å². The second-order valence-electron chi connectivity index (χ2n) is 6.95. The van der Waals surface area contributed by atoms with Crippen molar-refractivity contribution in [2.45, 2.75) is 6.92 Å². The van der Waals surface area contributed by atoms with E-state index in [9.17, 15) is 0 Å². The highest BCUT2D eigenvalue weighted by molar-refractivity contribution is 6.30. The number of rotatable bonds is 4. The monoisotopic (exact) mass is 425 g/mol. The van der Waals surface area contributed by atoms with Crippen molar-refractivity contribution in [2.24, 2.45) is 0 Å². The molecular formula is C23H16ClN7. The molecule has 0 saturated carbocycles. The lowest BCUT2D eigenvalue weighted by Crippen LogP contribution is -2.03. The van der Waals surface area contributed by atoms with E-state index in [1.807, 2.05) is 67.6 Å². The first kappa shape index (κ1) is 19.0. The molecule has 2 aromatic carbocycles. The number of hydrogen-bond acceptors (Lipinski definition) is 6. The molecule has 3 aromatic heterocycles. The van der Waals surface area contributed by atoms with Gasteiger partial charge in [-0.1, -0.05) is 41.4 Å². The summed E-state index contributed by atoms with van der Waals surface area (Å²) in [5.41, 5.74) is 5.19. The number of aryl methyl sites for hydroxylation is 1. The van der Waals surface area contributed by atoms with Gasteiger partial charge in [0.1, 0.15) is 0 Å². The minimum absolute atomic E-state index is 0.551. The van der Waals surface area contributed by atoms with Crippen LogP contribution in [-0.2, 0) is 0 Å². The molecule has 0 spiro atoms. The lowest BCUT2D eigenvalue weighted by Gasteiger charge is -2.11. The molecule has 0 aliphatic carbocycles. The van der Waals surface area contributed by atoms with Crippen LogP contribution in [0.4, 0.5) is 0 Å². The maximum Gasteiger partial charge on any atom is 0.190 e. The largest absolute Gasteiger partial charge is 0.265 e. The summed E-state index contributed by atoms with van der Waals surface area (Å²) in [7, 11) is 0. The molecule has 5 rings (SSSR count). The Morgan fingerprint density at radius 3 is 2.32 bits per heavy atom. The average molecular weight is 426 g/mol. The maximum absolute atomic E-state index is 6.11. The zero-order valence-electron chi connectivity index (χ0n) is 16.5. The quantitative estimate of drug-likeness (QED) is 0.411. The van der Waals surface area contributed by atoms with Crippen molar-refractivity contribution in [3.63, 3.8) is 0 Å². The molecule has 0 atom stereocenters. The third kappa shape index (κ3) is 3.78. The molecule has 0 amide bonds. The fourth-order valence-corrected chi connectivity index (χ4v) is 3.35. The van der Waals surface area contributed by atoms with Gasteiger partial charge < -0.3 is 0 Å². The molecule has 7 nitrogen and oxygen atoms in total. The van der Waals surface area contributed by atoms with Gasteiger partial charge in [0.2, 0.25) is 0 Å². The number of benzene rings is 2. The van der Waals surface area contributed by atoms with Crippen molar-refractivity contribution in [1.29, 1.82) is 0 Å². The maximum atomic E-state index is 6.11. The van der Waals surface area contributed by atoms with Gasteiger partial charge in [0.25, 0.3) is 0 Å². The van der Waals surface area contributed by atoms with Crippen LogP contribution in [0.2, 0.25) is 5.02 Å². The van der Waals surface area contributed by atoms with Crippen molar-refractivity contribution in [2.75, 3.05) is 0 Å². The molecule has 150 valence electrons. The Morgan fingerprint density at radius 1 is 0.839 bits per heavy atom. The van der Waals surface area contributed by atoms with Crippen molar-refractivity contribution in [3.05, 3.63) is 89.8 Å². The highest BCUT2D eigenvalue weighted by atomic mass is 35.5. The molecule has 0 bridgehead atoms. The Bertz CT molecular complexity index is 1330. The lowest BCUT2D eigenvalue weighted by molar-refractivity contribution is 0.791. The molecular weight excluding hydrogens is 410 g/mol. The van der Waals surface area contributed by atoms with E-state index in [0.717, 1.165) is 22.4 Å². The molecule has 5 aromatic rings. The van der Waals surface area contributed by atoms with Crippen LogP contribution in [0.25, 0.3) is 39.7 Å². The summed E-state index contributed by atoms with van der Waals surface area (Å²) in [5, 5.41) is 13.0. The van der Waals surface area contributed by atoms with Gasteiger partial charge in [-0.2, -0.15) is 4.68 Å². The Labute approximate surface area is 183 Å². The second-order valence-corrected chi connectivity index (χ2v) is 7.38. The molecule has 8 heteroatoms. The predicted molar refractivity (Wildman–Crippen MR) is 119 cm³/mol. The second kappa shape index (κ2) is 8.04. The smallest absolute Gasteiger partial charge is 0.190 e. The number of halogens is 1.